The lowest BCUT2D eigenvalue weighted by Crippen LogP contribution is -2.52. The molecule has 3 rings (SSSR count). The van der Waals surface area contributed by atoms with Crippen molar-refractivity contribution in [1.29, 1.82) is 0 Å². The fourth-order valence-corrected chi connectivity index (χ4v) is 3.89. The molecule has 86 valence electrons. The van der Waals surface area contributed by atoms with E-state index in [2.05, 4.69) is 15.3 Å². The Kier molecular flexibility index (Phi) is 2.83. The van der Waals surface area contributed by atoms with Gasteiger partial charge in [0, 0.05) is 30.3 Å². The van der Waals surface area contributed by atoms with Gasteiger partial charge in [0.15, 0.2) is 0 Å². The van der Waals surface area contributed by atoms with E-state index >= 15 is 0 Å². The van der Waals surface area contributed by atoms with Crippen molar-refractivity contribution in [3.8, 4) is 0 Å². The maximum atomic E-state index is 6.05. The Morgan fingerprint density at radius 1 is 1.44 bits per heavy atom. The summed E-state index contributed by atoms with van der Waals surface area (Å²) in [4.78, 5) is 8.20. The van der Waals surface area contributed by atoms with Crippen LogP contribution in [-0.2, 0) is 4.74 Å². The van der Waals surface area contributed by atoms with Crippen LogP contribution in [0.1, 0.15) is 18.0 Å². The molecule has 5 heteroatoms. The number of hydrogen-bond donors (Lipinski definition) is 1. The zero-order valence-electron chi connectivity index (χ0n) is 9.06. The fourth-order valence-electron chi connectivity index (χ4n) is 2.51. The Balaban J connectivity index is 1.91. The summed E-state index contributed by atoms with van der Waals surface area (Å²) in [7, 11) is 0. The van der Waals surface area contributed by atoms with Crippen molar-refractivity contribution in [3.05, 3.63) is 24.3 Å². The van der Waals surface area contributed by atoms with Gasteiger partial charge in [0.1, 0.15) is 6.33 Å². The average Bonchev–Trinajstić information content (AvgIpc) is 2.80. The quantitative estimate of drug-likeness (QED) is 0.790. The van der Waals surface area contributed by atoms with E-state index in [0.717, 1.165) is 30.9 Å². The van der Waals surface area contributed by atoms with Crippen LogP contribution in [0.5, 0.6) is 0 Å². The molecule has 2 aliphatic rings. The van der Waals surface area contributed by atoms with E-state index in [1.807, 2.05) is 24.2 Å². The number of rotatable bonds is 1. The second kappa shape index (κ2) is 4.31. The molecular formula is C11H15N3OS. The summed E-state index contributed by atoms with van der Waals surface area (Å²) in [5.41, 5.74) is 1.11. The number of morpholine rings is 1. The van der Waals surface area contributed by atoms with E-state index in [4.69, 9.17) is 4.74 Å². The van der Waals surface area contributed by atoms with E-state index in [9.17, 15) is 0 Å². The Morgan fingerprint density at radius 2 is 2.31 bits per heavy atom. The van der Waals surface area contributed by atoms with Crippen LogP contribution in [0.15, 0.2) is 18.7 Å². The van der Waals surface area contributed by atoms with Gasteiger partial charge in [-0.05, 0) is 12.2 Å². The van der Waals surface area contributed by atoms with E-state index in [1.54, 1.807) is 6.33 Å². The lowest BCUT2D eigenvalue weighted by atomic mass is 9.88. The van der Waals surface area contributed by atoms with Crippen LogP contribution in [0.3, 0.4) is 0 Å². The van der Waals surface area contributed by atoms with E-state index < -0.39 is 0 Å². The van der Waals surface area contributed by atoms with Crippen LogP contribution in [0.2, 0.25) is 0 Å². The molecule has 2 fully saturated rings. The zero-order chi connectivity index (χ0) is 10.8. The van der Waals surface area contributed by atoms with E-state index in [1.165, 1.54) is 5.75 Å². The highest BCUT2D eigenvalue weighted by Crippen LogP contribution is 2.42. The second-order valence-electron chi connectivity index (χ2n) is 4.27. The smallest absolute Gasteiger partial charge is 0.115 e. The summed E-state index contributed by atoms with van der Waals surface area (Å²) in [6, 6.07) is 0.248. The SMILES string of the molecule is c1ncc(C2NCCOC23CCSC3)cn1. The van der Waals surface area contributed by atoms with Gasteiger partial charge >= 0.3 is 0 Å². The first-order valence-electron chi connectivity index (χ1n) is 5.61. The number of thioether (sulfide) groups is 1. The summed E-state index contributed by atoms with van der Waals surface area (Å²) < 4.78 is 6.05. The van der Waals surface area contributed by atoms with Crippen LogP contribution in [0.25, 0.3) is 0 Å². The number of hydrogen-bond acceptors (Lipinski definition) is 5. The molecule has 0 radical (unpaired) electrons. The van der Waals surface area contributed by atoms with Crippen LogP contribution >= 0.6 is 11.8 Å². The standard InChI is InChI=1S/C11H15N3OS/c1-4-16-7-11(1)10(14-2-3-15-11)9-5-12-8-13-6-9/h5-6,8,10,14H,1-4,7H2. The van der Waals surface area contributed by atoms with Crippen LogP contribution in [0.4, 0.5) is 0 Å². The minimum absolute atomic E-state index is 0.0341. The molecule has 0 bridgehead atoms. The van der Waals surface area contributed by atoms with E-state index in [0.29, 0.717) is 0 Å². The second-order valence-corrected chi connectivity index (χ2v) is 5.38. The highest BCUT2D eigenvalue weighted by Gasteiger charge is 2.45. The third-order valence-electron chi connectivity index (χ3n) is 3.30. The maximum absolute atomic E-state index is 6.05. The lowest BCUT2D eigenvalue weighted by molar-refractivity contribution is -0.0798. The Bertz CT molecular complexity index is 354. The summed E-state index contributed by atoms with van der Waals surface area (Å²) in [5.74, 6) is 2.26. The number of ether oxygens (including phenoxy) is 1. The van der Waals surface area contributed by atoms with Gasteiger partial charge in [-0.3, -0.25) is 0 Å². The first-order valence-corrected chi connectivity index (χ1v) is 6.76. The first kappa shape index (κ1) is 10.5. The molecule has 2 atom stereocenters. The molecule has 0 aliphatic carbocycles. The molecule has 1 aromatic heterocycles. The molecule has 4 nitrogen and oxygen atoms in total. The molecule has 3 heterocycles. The Labute approximate surface area is 99.2 Å². The molecule has 16 heavy (non-hydrogen) atoms. The molecule has 0 amide bonds. The molecule has 2 unspecified atom stereocenters. The van der Waals surface area contributed by atoms with E-state index in [-0.39, 0.29) is 11.6 Å². The third-order valence-corrected chi connectivity index (χ3v) is 4.48. The predicted octanol–water partition coefficient (Wildman–Crippen LogP) is 1.01. The van der Waals surface area contributed by atoms with Crippen molar-refractivity contribution in [3.63, 3.8) is 0 Å². The number of aromatic nitrogens is 2. The van der Waals surface area contributed by atoms with Crippen molar-refractivity contribution in [2.45, 2.75) is 18.1 Å². The largest absolute Gasteiger partial charge is 0.371 e. The third kappa shape index (κ3) is 1.73. The summed E-state index contributed by atoms with van der Waals surface area (Å²) in [6.07, 6.45) is 6.47. The maximum Gasteiger partial charge on any atom is 0.115 e. The van der Waals surface area contributed by atoms with Crippen molar-refractivity contribution in [1.82, 2.24) is 15.3 Å². The van der Waals surface area contributed by atoms with Crippen LogP contribution in [0, 0.1) is 0 Å². The predicted molar refractivity (Wildman–Crippen MR) is 63.4 cm³/mol. The summed E-state index contributed by atoms with van der Waals surface area (Å²) >= 11 is 1.97. The van der Waals surface area contributed by atoms with Gasteiger partial charge in [0.25, 0.3) is 0 Å². The Hall–Kier alpha value is -0.650. The molecular weight excluding hydrogens is 222 g/mol. The number of nitrogens with one attached hydrogen (secondary N) is 1. The first-order chi connectivity index (χ1) is 7.91. The monoisotopic (exact) mass is 237 g/mol. The minimum Gasteiger partial charge on any atom is -0.371 e. The van der Waals surface area contributed by atoms with Gasteiger partial charge in [-0.15, -0.1) is 0 Å². The van der Waals surface area contributed by atoms with Crippen molar-refractivity contribution in [2.24, 2.45) is 0 Å². The average molecular weight is 237 g/mol. The molecule has 1 spiro atoms. The summed E-state index contributed by atoms with van der Waals surface area (Å²) in [5, 5.41) is 3.55. The highest BCUT2D eigenvalue weighted by atomic mass is 32.2. The van der Waals surface area contributed by atoms with Crippen LogP contribution < -0.4 is 5.32 Å². The van der Waals surface area contributed by atoms with Gasteiger partial charge in [-0.2, -0.15) is 11.8 Å². The van der Waals surface area contributed by atoms with Gasteiger partial charge in [0.05, 0.1) is 18.2 Å². The zero-order valence-corrected chi connectivity index (χ0v) is 9.87. The van der Waals surface area contributed by atoms with Gasteiger partial charge < -0.3 is 10.1 Å². The topological polar surface area (TPSA) is 47.0 Å². The highest BCUT2D eigenvalue weighted by molar-refractivity contribution is 7.99. The van der Waals surface area contributed by atoms with Crippen LogP contribution in [-0.4, -0.2) is 40.2 Å². The summed E-state index contributed by atoms with van der Waals surface area (Å²) in [6.45, 7) is 1.72. The van der Waals surface area contributed by atoms with Gasteiger partial charge in [-0.25, -0.2) is 9.97 Å². The molecule has 1 aromatic rings. The molecule has 1 N–H and O–H groups in total. The minimum atomic E-state index is -0.0341. The molecule has 2 aliphatic heterocycles. The Morgan fingerprint density at radius 3 is 3.06 bits per heavy atom. The van der Waals surface area contributed by atoms with Gasteiger partial charge in [-0.1, -0.05) is 0 Å². The normalized spacial score (nSPS) is 34.4. The van der Waals surface area contributed by atoms with Crippen molar-refractivity contribution in [2.75, 3.05) is 24.7 Å². The van der Waals surface area contributed by atoms with Gasteiger partial charge in [0.2, 0.25) is 0 Å². The number of nitrogens with zero attached hydrogens (tertiary/aromatic N) is 2. The van der Waals surface area contributed by atoms with Crippen molar-refractivity contribution < 1.29 is 4.74 Å². The lowest BCUT2D eigenvalue weighted by Gasteiger charge is -2.41. The molecule has 0 aromatic carbocycles. The molecule has 0 saturated carbocycles. The van der Waals surface area contributed by atoms with Crippen molar-refractivity contribution >= 4 is 11.8 Å². The fraction of sp³-hybridized carbons (Fsp3) is 0.636. The molecule has 2 saturated heterocycles.